The van der Waals surface area contributed by atoms with E-state index < -0.39 is 28.4 Å². The number of benzene rings is 1. The Labute approximate surface area is 175 Å². The molecule has 2 amide bonds. The van der Waals surface area contributed by atoms with Gasteiger partial charge in [0.25, 0.3) is 0 Å². The van der Waals surface area contributed by atoms with Crippen LogP contribution in [-0.2, 0) is 19.1 Å². The maximum Gasteiger partial charge on any atom is 0.331 e. The highest BCUT2D eigenvalue weighted by atomic mass is 32.2. The topological polar surface area (TPSA) is 87.7 Å². The number of fused-ring (bicyclic) bond motifs is 1. The van der Waals surface area contributed by atoms with Crippen LogP contribution in [-0.4, -0.2) is 57.0 Å². The number of anilines is 1. The Hall–Kier alpha value is -2.48. The van der Waals surface area contributed by atoms with Gasteiger partial charge in [0, 0.05) is 5.69 Å². The first-order chi connectivity index (χ1) is 13.6. The van der Waals surface area contributed by atoms with Crippen LogP contribution in [0.4, 0.5) is 5.69 Å². The third kappa shape index (κ3) is 4.27. The minimum absolute atomic E-state index is 0.0550. The first-order valence-electron chi connectivity index (χ1n) is 9.50. The molecule has 0 spiro atoms. The van der Waals surface area contributed by atoms with Gasteiger partial charge < -0.3 is 20.3 Å². The summed E-state index contributed by atoms with van der Waals surface area (Å²) in [4.78, 5) is 39.4. The molecule has 7 nitrogen and oxygen atoms in total. The quantitative estimate of drug-likeness (QED) is 0.419. The van der Waals surface area contributed by atoms with Crippen LogP contribution < -0.4 is 10.6 Å². The van der Waals surface area contributed by atoms with Gasteiger partial charge in [0.15, 0.2) is 0 Å². The molecule has 0 aromatic heterocycles. The monoisotopic (exact) mass is 417 g/mol. The number of hydrogen-bond donors (Lipinski definition) is 2. The van der Waals surface area contributed by atoms with Crippen molar-refractivity contribution in [3.05, 3.63) is 43.0 Å². The van der Waals surface area contributed by atoms with Crippen molar-refractivity contribution in [1.29, 1.82) is 0 Å². The van der Waals surface area contributed by atoms with Crippen molar-refractivity contribution in [3.8, 4) is 0 Å². The van der Waals surface area contributed by atoms with E-state index in [9.17, 15) is 14.4 Å². The maximum absolute atomic E-state index is 12.8. The molecule has 2 aliphatic rings. The van der Waals surface area contributed by atoms with Crippen molar-refractivity contribution in [1.82, 2.24) is 10.2 Å². The number of hydrogen-bond acceptors (Lipinski definition) is 6. The molecule has 29 heavy (non-hydrogen) atoms. The first kappa shape index (κ1) is 21.2. The molecule has 2 fully saturated rings. The summed E-state index contributed by atoms with van der Waals surface area (Å²) in [5.74, 6) is -1.02. The number of β-lactam (4-membered cyclic amide) rings is 1. The zero-order valence-electron chi connectivity index (χ0n) is 17.1. The van der Waals surface area contributed by atoms with Gasteiger partial charge in [-0.25, -0.2) is 4.79 Å². The summed E-state index contributed by atoms with van der Waals surface area (Å²) in [6.45, 7) is 11.1. The molecule has 2 N–H and O–H groups in total. The predicted molar refractivity (Wildman–Crippen MR) is 113 cm³/mol. The summed E-state index contributed by atoms with van der Waals surface area (Å²) in [6, 6.07) is 7.91. The van der Waals surface area contributed by atoms with E-state index in [1.165, 1.54) is 16.7 Å². The predicted octanol–water partition coefficient (Wildman–Crippen LogP) is 2.15. The molecule has 0 aliphatic carbocycles. The molecule has 2 heterocycles. The molecule has 0 saturated carbocycles. The third-order valence-corrected chi connectivity index (χ3v) is 6.49. The average molecular weight is 418 g/mol. The first-order valence-corrected chi connectivity index (χ1v) is 10.4. The van der Waals surface area contributed by atoms with Gasteiger partial charge in [-0.15, -0.1) is 18.3 Å². The Kier molecular flexibility index (Phi) is 5.67. The van der Waals surface area contributed by atoms with Crippen LogP contribution in [0.1, 0.15) is 27.7 Å². The maximum atomic E-state index is 12.8. The minimum atomic E-state index is -0.766. The number of ether oxygens (including phenoxy) is 1. The minimum Gasteiger partial charge on any atom is -0.458 e. The molecule has 156 valence electrons. The van der Waals surface area contributed by atoms with E-state index in [1.54, 1.807) is 26.8 Å². The van der Waals surface area contributed by atoms with Gasteiger partial charge in [-0.05, 0) is 39.8 Å². The van der Waals surface area contributed by atoms with Gasteiger partial charge in [0.2, 0.25) is 11.8 Å². The van der Waals surface area contributed by atoms with Crippen molar-refractivity contribution in [2.75, 3.05) is 11.9 Å². The Bertz CT molecular complexity index is 823. The zero-order valence-corrected chi connectivity index (χ0v) is 17.9. The summed E-state index contributed by atoms with van der Waals surface area (Å²) in [5, 5.41) is 5.47. The van der Waals surface area contributed by atoms with Crippen LogP contribution in [0.25, 0.3) is 0 Å². The fraction of sp³-hybridized carbons (Fsp3) is 0.476. The standard InChI is InChI=1S/C21H27N3O4S/c1-6-21(5)16(19(27)28-20(2,3)4)24-17(26)15(18(24)29-21)23-14(25)12-22-13-10-8-7-9-11-13/h6-11,15-16,18,22H,1,12H2,2-5H3,(H,23,25)/t15-,16?,18-,21-/m1/s1. The molecule has 1 aromatic carbocycles. The van der Waals surface area contributed by atoms with Crippen LogP contribution in [0.5, 0.6) is 0 Å². The number of thioether (sulfide) groups is 1. The van der Waals surface area contributed by atoms with Crippen LogP contribution in [0, 0.1) is 0 Å². The van der Waals surface area contributed by atoms with Crippen LogP contribution >= 0.6 is 11.8 Å². The summed E-state index contributed by atoms with van der Waals surface area (Å²) in [5.41, 5.74) is 0.163. The molecular formula is C21H27N3O4S. The summed E-state index contributed by atoms with van der Waals surface area (Å²) in [7, 11) is 0. The van der Waals surface area contributed by atoms with Crippen molar-refractivity contribution < 1.29 is 19.1 Å². The van der Waals surface area contributed by atoms with E-state index in [0.29, 0.717) is 0 Å². The lowest BCUT2D eigenvalue weighted by atomic mass is 9.94. The normalized spacial score (nSPS) is 28.2. The van der Waals surface area contributed by atoms with Crippen LogP contribution in [0.15, 0.2) is 43.0 Å². The van der Waals surface area contributed by atoms with Gasteiger partial charge in [-0.3, -0.25) is 9.59 Å². The van der Waals surface area contributed by atoms with E-state index in [2.05, 4.69) is 17.2 Å². The van der Waals surface area contributed by atoms with Gasteiger partial charge in [0.1, 0.15) is 23.1 Å². The fourth-order valence-corrected chi connectivity index (χ4v) is 5.06. The van der Waals surface area contributed by atoms with Crippen LogP contribution in [0.2, 0.25) is 0 Å². The number of carbonyl (C=O) groups is 3. The SMILES string of the molecule is C=C[C@@]1(C)S[C@@H]2[C@H](NC(=O)CNc3ccccc3)C(=O)N2C1C(=O)OC(C)(C)C. The lowest BCUT2D eigenvalue weighted by Gasteiger charge is -2.44. The second-order valence-electron chi connectivity index (χ2n) is 8.34. The summed E-state index contributed by atoms with van der Waals surface area (Å²) < 4.78 is 4.84. The molecule has 0 radical (unpaired) electrons. The lowest BCUT2D eigenvalue weighted by Crippen LogP contribution is -2.71. The second kappa shape index (κ2) is 7.74. The van der Waals surface area contributed by atoms with Gasteiger partial charge >= 0.3 is 5.97 Å². The Morgan fingerprint density at radius 3 is 2.55 bits per heavy atom. The second-order valence-corrected chi connectivity index (χ2v) is 9.94. The lowest BCUT2D eigenvalue weighted by molar-refractivity contribution is -0.171. The molecule has 1 aromatic rings. The van der Waals surface area contributed by atoms with Crippen molar-refractivity contribution in [2.24, 2.45) is 0 Å². The number of carbonyl (C=O) groups excluding carboxylic acids is 3. The highest BCUT2D eigenvalue weighted by Gasteiger charge is 2.65. The Balaban J connectivity index is 1.65. The van der Waals surface area contributed by atoms with E-state index in [-0.39, 0.29) is 23.7 Å². The number of nitrogens with one attached hydrogen (secondary N) is 2. The smallest absolute Gasteiger partial charge is 0.331 e. The number of para-hydroxylation sites is 1. The van der Waals surface area contributed by atoms with E-state index in [1.807, 2.05) is 37.3 Å². The highest BCUT2D eigenvalue weighted by molar-refractivity contribution is 8.02. The third-order valence-electron chi connectivity index (χ3n) is 4.85. The van der Waals surface area contributed by atoms with E-state index >= 15 is 0 Å². The number of rotatable bonds is 6. The highest BCUT2D eigenvalue weighted by Crippen LogP contribution is 2.52. The Morgan fingerprint density at radius 2 is 1.97 bits per heavy atom. The molecule has 2 aliphatic heterocycles. The molecule has 3 rings (SSSR count). The van der Waals surface area contributed by atoms with Crippen LogP contribution in [0.3, 0.4) is 0 Å². The van der Waals surface area contributed by atoms with Gasteiger partial charge in [0.05, 0.1) is 11.3 Å². The molecule has 4 atom stereocenters. The molecule has 1 unspecified atom stereocenters. The Morgan fingerprint density at radius 1 is 1.31 bits per heavy atom. The van der Waals surface area contributed by atoms with Crippen molar-refractivity contribution >= 4 is 35.2 Å². The van der Waals surface area contributed by atoms with E-state index in [0.717, 1.165) is 5.69 Å². The average Bonchev–Trinajstić information content (AvgIpc) is 2.94. The zero-order chi connectivity index (χ0) is 21.4. The number of esters is 1. The van der Waals surface area contributed by atoms with Crippen molar-refractivity contribution in [3.63, 3.8) is 0 Å². The number of amides is 2. The number of nitrogens with zero attached hydrogens (tertiary/aromatic N) is 1. The van der Waals surface area contributed by atoms with Gasteiger partial charge in [-0.1, -0.05) is 24.3 Å². The fourth-order valence-electron chi connectivity index (χ4n) is 3.45. The largest absolute Gasteiger partial charge is 0.458 e. The molecule has 8 heteroatoms. The summed E-state index contributed by atoms with van der Waals surface area (Å²) >= 11 is 1.44. The molecule has 0 bridgehead atoms. The molecule has 2 saturated heterocycles. The van der Waals surface area contributed by atoms with Crippen molar-refractivity contribution in [2.45, 2.75) is 55.5 Å². The summed E-state index contributed by atoms with van der Waals surface area (Å²) in [6.07, 6.45) is 1.67. The molecular weight excluding hydrogens is 390 g/mol. The van der Waals surface area contributed by atoms with Gasteiger partial charge in [-0.2, -0.15) is 0 Å². The van der Waals surface area contributed by atoms with E-state index in [4.69, 9.17) is 4.74 Å².